The number of hydrogen-bond donors (Lipinski definition) is 0. The molecule has 0 saturated heterocycles. The lowest BCUT2D eigenvalue weighted by molar-refractivity contribution is 1.17. The van der Waals surface area contributed by atoms with Gasteiger partial charge in [-0.05, 0) is 101 Å². The predicted molar refractivity (Wildman–Crippen MR) is 240 cm³/mol. The normalized spacial score (nSPS) is 11.9. The number of fused-ring (bicyclic) bond motifs is 10. The highest BCUT2D eigenvalue weighted by molar-refractivity contribution is 6.26. The molecule has 9 aromatic carbocycles. The van der Waals surface area contributed by atoms with Crippen LogP contribution in [0.1, 0.15) is 0 Å². The van der Waals surface area contributed by atoms with Gasteiger partial charge in [0.1, 0.15) is 0 Å². The molecule has 3 heteroatoms. The molecule has 57 heavy (non-hydrogen) atoms. The van der Waals surface area contributed by atoms with Gasteiger partial charge in [-0.15, -0.1) is 0 Å². The number of nitrogens with zero attached hydrogens (tertiary/aromatic N) is 3. The van der Waals surface area contributed by atoms with Gasteiger partial charge in [-0.1, -0.05) is 133 Å². The van der Waals surface area contributed by atoms with Crippen molar-refractivity contribution in [2.45, 2.75) is 0 Å². The number of rotatable bonds is 5. The van der Waals surface area contributed by atoms with E-state index in [9.17, 15) is 0 Å². The minimum atomic E-state index is 1.15. The average Bonchev–Trinajstić information content (AvgIpc) is 3.92. The van der Waals surface area contributed by atoms with Crippen molar-refractivity contribution >= 4 is 65.4 Å². The molecule has 0 spiro atoms. The monoisotopic (exact) mass is 725 g/mol. The maximum absolute atomic E-state index is 2.46. The van der Waals surface area contributed by atoms with Crippen LogP contribution < -0.4 is 0 Å². The van der Waals surface area contributed by atoms with Gasteiger partial charge in [0.05, 0.1) is 33.1 Å². The lowest BCUT2D eigenvalue weighted by Crippen LogP contribution is -1.95. The molecule has 0 atom stereocenters. The molecule has 0 radical (unpaired) electrons. The molecular weight excluding hydrogens is 691 g/mol. The van der Waals surface area contributed by atoms with Crippen LogP contribution in [-0.4, -0.2) is 13.7 Å². The molecule has 0 saturated carbocycles. The molecule has 3 aromatic heterocycles. The van der Waals surface area contributed by atoms with Crippen LogP contribution in [0.3, 0.4) is 0 Å². The molecule has 3 nitrogen and oxygen atoms in total. The van der Waals surface area contributed by atoms with Crippen LogP contribution in [-0.2, 0) is 0 Å². The van der Waals surface area contributed by atoms with Crippen molar-refractivity contribution in [3.63, 3.8) is 0 Å². The summed E-state index contributed by atoms with van der Waals surface area (Å²) in [7, 11) is 0. The third-order valence-corrected chi connectivity index (χ3v) is 11.8. The number of aromatic nitrogens is 3. The minimum absolute atomic E-state index is 1.15. The fraction of sp³-hybridized carbons (Fsp3) is 0. The van der Waals surface area contributed by atoms with E-state index in [0.717, 1.165) is 17.1 Å². The largest absolute Gasteiger partial charge is 0.309 e. The standard InChI is InChI=1S/C54H35N3/c1-4-14-36(15-5-1)37-24-28-42(29-25-37)55-48-22-12-11-21-44(48)46-34-38(26-31-50(46)55)39-27-32-51-47(35-39)53-52(56(51)40-16-6-2-7-17-40)33-30-45-43-20-10-13-23-49(43)57(54(45)53)41-18-8-3-9-19-41/h1-35H. The lowest BCUT2D eigenvalue weighted by Gasteiger charge is -2.10. The first-order valence-electron chi connectivity index (χ1n) is 19.6. The average molecular weight is 726 g/mol. The Morgan fingerprint density at radius 2 is 0.649 bits per heavy atom. The van der Waals surface area contributed by atoms with Gasteiger partial charge in [-0.25, -0.2) is 0 Å². The summed E-state index contributed by atoms with van der Waals surface area (Å²) in [6.07, 6.45) is 0. The van der Waals surface area contributed by atoms with E-state index < -0.39 is 0 Å². The first kappa shape index (κ1) is 31.7. The van der Waals surface area contributed by atoms with Crippen LogP contribution in [0.25, 0.3) is 105 Å². The van der Waals surface area contributed by atoms with Crippen LogP contribution in [0.4, 0.5) is 0 Å². The van der Waals surface area contributed by atoms with E-state index in [1.54, 1.807) is 0 Å². The highest BCUT2D eigenvalue weighted by Gasteiger charge is 2.22. The Bertz CT molecular complexity index is 3480. The van der Waals surface area contributed by atoms with Crippen molar-refractivity contribution in [1.82, 2.24) is 13.7 Å². The van der Waals surface area contributed by atoms with Crippen LogP contribution in [0.15, 0.2) is 212 Å². The molecule has 12 rings (SSSR count). The molecule has 3 heterocycles. The smallest absolute Gasteiger partial charge is 0.0641 e. The highest BCUT2D eigenvalue weighted by atomic mass is 15.0. The van der Waals surface area contributed by atoms with Crippen molar-refractivity contribution in [3.05, 3.63) is 212 Å². The molecule has 0 aliphatic carbocycles. The Kier molecular flexibility index (Phi) is 6.93. The Hall–Kier alpha value is -7.62. The second-order valence-corrected chi connectivity index (χ2v) is 14.9. The van der Waals surface area contributed by atoms with E-state index >= 15 is 0 Å². The first-order chi connectivity index (χ1) is 28.3. The summed E-state index contributed by atoms with van der Waals surface area (Å²) in [5.41, 5.74) is 15.5. The molecule has 0 aliphatic rings. The number of para-hydroxylation sites is 4. The van der Waals surface area contributed by atoms with Gasteiger partial charge >= 0.3 is 0 Å². The van der Waals surface area contributed by atoms with Gasteiger partial charge in [0.2, 0.25) is 0 Å². The van der Waals surface area contributed by atoms with Crippen molar-refractivity contribution in [2.24, 2.45) is 0 Å². The molecule has 0 aliphatic heterocycles. The van der Waals surface area contributed by atoms with E-state index in [0.29, 0.717) is 0 Å². The lowest BCUT2D eigenvalue weighted by atomic mass is 10.00. The van der Waals surface area contributed by atoms with Crippen LogP contribution in [0, 0.1) is 0 Å². The Labute approximate surface area is 329 Å². The van der Waals surface area contributed by atoms with Gasteiger partial charge in [-0.3, -0.25) is 0 Å². The highest BCUT2D eigenvalue weighted by Crippen LogP contribution is 2.43. The van der Waals surface area contributed by atoms with Crippen molar-refractivity contribution in [3.8, 4) is 39.3 Å². The van der Waals surface area contributed by atoms with Gasteiger partial charge in [0.25, 0.3) is 0 Å². The van der Waals surface area contributed by atoms with Crippen LogP contribution >= 0.6 is 0 Å². The fourth-order valence-electron chi connectivity index (χ4n) is 9.30. The second kappa shape index (κ2) is 12.5. The van der Waals surface area contributed by atoms with Crippen molar-refractivity contribution < 1.29 is 0 Å². The molecule has 266 valence electrons. The Morgan fingerprint density at radius 3 is 1.32 bits per heavy atom. The van der Waals surface area contributed by atoms with E-state index in [1.165, 1.54) is 87.7 Å². The molecule has 0 fully saturated rings. The van der Waals surface area contributed by atoms with Gasteiger partial charge in [0, 0.05) is 49.4 Å². The maximum Gasteiger partial charge on any atom is 0.0641 e. The van der Waals surface area contributed by atoms with Gasteiger partial charge in [0.15, 0.2) is 0 Å². The summed E-state index contributed by atoms with van der Waals surface area (Å²) in [4.78, 5) is 0. The maximum atomic E-state index is 2.46. The van der Waals surface area contributed by atoms with E-state index in [-0.39, 0.29) is 0 Å². The first-order valence-corrected chi connectivity index (χ1v) is 19.6. The summed E-state index contributed by atoms with van der Waals surface area (Å²) in [5, 5.41) is 7.49. The fourth-order valence-corrected chi connectivity index (χ4v) is 9.30. The molecular formula is C54H35N3. The second-order valence-electron chi connectivity index (χ2n) is 14.9. The van der Waals surface area contributed by atoms with Gasteiger partial charge < -0.3 is 13.7 Å². The molecule has 0 bridgehead atoms. The zero-order valence-corrected chi connectivity index (χ0v) is 31.0. The zero-order valence-electron chi connectivity index (χ0n) is 31.0. The Balaban J connectivity index is 1.10. The summed E-state index contributed by atoms with van der Waals surface area (Å²) in [5.74, 6) is 0. The van der Waals surface area contributed by atoms with E-state index in [1.807, 2.05) is 0 Å². The summed E-state index contributed by atoms with van der Waals surface area (Å²) < 4.78 is 7.29. The zero-order chi connectivity index (χ0) is 37.5. The molecule has 0 unspecified atom stereocenters. The number of hydrogen-bond acceptors (Lipinski definition) is 0. The molecule has 0 amide bonds. The quantitative estimate of drug-likeness (QED) is 0.168. The van der Waals surface area contributed by atoms with Crippen LogP contribution in [0.2, 0.25) is 0 Å². The Morgan fingerprint density at radius 1 is 0.228 bits per heavy atom. The summed E-state index contributed by atoms with van der Waals surface area (Å²) in [6.45, 7) is 0. The number of benzene rings is 9. The third kappa shape index (κ3) is 4.79. The topological polar surface area (TPSA) is 14.8 Å². The van der Waals surface area contributed by atoms with Crippen molar-refractivity contribution in [2.75, 3.05) is 0 Å². The van der Waals surface area contributed by atoms with Gasteiger partial charge in [-0.2, -0.15) is 0 Å². The summed E-state index contributed by atoms with van der Waals surface area (Å²) in [6, 6.07) is 77.4. The van der Waals surface area contributed by atoms with E-state index in [4.69, 9.17) is 0 Å². The third-order valence-electron chi connectivity index (χ3n) is 11.8. The minimum Gasteiger partial charge on any atom is -0.309 e. The summed E-state index contributed by atoms with van der Waals surface area (Å²) >= 11 is 0. The van der Waals surface area contributed by atoms with E-state index in [2.05, 4.69) is 226 Å². The van der Waals surface area contributed by atoms with Crippen LogP contribution in [0.5, 0.6) is 0 Å². The van der Waals surface area contributed by atoms with Crippen molar-refractivity contribution in [1.29, 1.82) is 0 Å². The predicted octanol–water partition coefficient (Wildman–Crippen LogP) is 14.3. The molecule has 12 aromatic rings. The SMILES string of the molecule is c1ccc(-c2ccc(-n3c4ccccc4c4cc(-c5ccc6c(c5)c5c(ccc7c8ccccc8n(-c8ccccc8)c75)n6-c5ccccc5)ccc43)cc2)cc1. The molecule has 0 N–H and O–H groups in total.